The van der Waals surface area contributed by atoms with Gasteiger partial charge in [-0.25, -0.2) is 0 Å². The van der Waals surface area contributed by atoms with Gasteiger partial charge in [0.15, 0.2) is 0 Å². The van der Waals surface area contributed by atoms with E-state index in [4.69, 9.17) is 5.73 Å². The fourth-order valence-electron chi connectivity index (χ4n) is 2.88. The maximum atomic E-state index is 5.85. The zero-order valence-corrected chi connectivity index (χ0v) is 11.1. The summed E-state index contributed by atoms with van der Waals surface area (Å²) in [4.78, 5) is 2.52. The van der Waals surface area contributed by atoms with Crippen LogP contribution in [0.1, 0.15) is 37.3 Å². The van der Waals surface area contributed by atoms with Gasteiger partial charge in [0.05, 0.1) is 0 Å². The average Bonchev–Trinajstić information content (AvgIpc) is 2.78. The first kappa shape index (κ1) is 12.4. The molecule has 17 heavy (non-hydrogen) atoms. The molecule has 2 N–H and O–H groups in total. The fraction of sp³-hybridized carbons (Fsp3) is 0.600. The average molecular weight is 232 g/mol. The zero-order valence-electron chi connectivity index (χ0n) is 11.1. The van der Waals surface area contributed by atoms with Gasteiger partial charge in [-0.05, 0) is 37.3 Å². The number of nitrogens with zero attached hydrogens (tertiary/aromatic N) is 1. The second kappa shape index (κ2) is 5.54. The lowest BCUT2D eigenvalue weighted by atomic mass is 10.0. The molecule has 1 heterocycles. The molecule has 1 aliphatic rings. The standard InChI is InChI=1S/C15H24N2/c1-3-4-13-7-8-17(11-13)15-6-5-12(2)9-14(15)10-16/h5-6,9,13H,3-4,7-8,10-11,16H2,1-2H3. The van der Waals surface area contributed by atoms with Crippen LogP contribution in [0.3, 0.4) is 0 Å². The summed E-state index contributed by atoms with van der Waals surface area (Å²) in [7, 11) is 0. The van der Waals surface area contributed by atoms with E-state index in [-0.39, 0.29) is 0 Å². The summed E-state index contributed by atoms with van der Waals surface area (Å²) in [6.45, 7) is 7.46. The third-order valence-electron chi connectivity index (χ3n) is 3.78. The van der Waals surface area contributed by atoms with Crippen LogP contribution in [0, 0.1) is 12.8 Å². The summed E-state index contributed by atoms with van der Waals surface area (Å²) < 4.78 is 0. The molecule has 2 heteroatoms. The van der Waals surface area contributed by atoms with E-state index in [1.54, 1.807) is 0 Å². The Morgan fingerprint density at radius 3 is 2.94 bits per heavy atom. The van der Waals surface area contributed by atoms with Crippen LogP contribution in [0.25, 0.3) is 0 Å². The van der Waals surface area contributed by atoms with Gasteiger partial charge in [-0.15, -0.1) is 0 Å². The molecule has 1 unspecified atom stereocenters. The van der Waals surface area contributed by atoms with Gasteiger partial charge in [0, 0.05) is 25.3 Å². The predicted molar refractivity (Wildman–Crippen MR) is 74.3 cm³/mol. The lowest BCUT2D eigenvalue weighted by molar-refractivity contribution is 0.529. The monoisotopic (exact) mass is 232 g/mol. The smallest absolute Gasteiger partial charge is 0.0412 e. The van der Waals surface area contributed by atoms with Crippen molar-refractivity contribution in [1.82, 2.24) is 0 Å². The minimum atomic E-state index is 0.645. The van der Waals surface area contributed by atoms with Crippen LogP contribution < -0.4 is 10.6 Å². The summed E-state index contributed by atoms with van der Waals surface area (Å²) in [5.74, 6) is 0.881. The maximum Gasteiger partial charge on any atom is 0.0412 e. The van der Waals surface area contributed by atoms with E-state index < -0.39 is 0 Å². The predicted octanol–water partition coefficient (Wildman–Crippen LogP) is 3.08. The van der Waals surface area contributed by atoms with E-state index in [2.05, 4.69) is 36.9 Å². The van der Waals surface area contributed by atoms with E-state index >= 15 is 0 Å². The van der Waals surface area contributed by atoms with E-state index in [0.717, 1.165) is 5.92 Å². The molecule has 0 aromatic heterocycles. The van der Waals surface area contributed by atoms with Crippen molar-refractivity contribution >= 4 is 5.69 Å². The van der Waals surface area contributed by atoms with Crippen molar-refractivity contribution in [2.45, 2.75) is 39.7 Å². The number of aryl methyl sites for hydroxylation is 1. The van der Waals surface area contributed by atoms with Crippen LogP contribution in [-0.4, -0.2) is 13.1 Å². The normalized spacial score (nSPS) is 19.9. The van der Waals surface area contributed by atoms with Crippen LogP contribution >= 0.6 is 0 Å². The highest BCUT2D eigenvalue weighted by atomic mass is 15.2. The van der Waals surface area contributed by atoms with Crippen molar-refractivity contribution in [3.05, 3.63) is 29.3 Å². The summed E-state index contributed by atoms with van der Waals surface area (Å²) in [6.07, 6.45) is 4.00. The van der Waals surface area contributed by atoms with Crippen molar-refractivity contribution in [2.75, 3.05) is 18.0 Å². The highest BCUT2D eigenvalue weighted by molar-refractivity contribution is 5.55. The molecular weight excluding hydrogens is 208 g/mol. The third-order valence-corrected chi connectivity index (χ3v) is 3.78. The van der Waals surface area contributed by atoms with Crippen molar-refractivity contribution in [2.24, 2.45) is 11.7 Å². The molecule has 1 aromatic carbocycles. The Hall–Kier alpha value is -1.02. The Kier molecular flexibility index (Phi) is 4.06. The molecule has 1 aliphatic heterocycles. The van der Waals surface area contributed by atoms with Crippen LogP contribution in [0.2, 0.25) is 0 Å². The van der Waals surface area contributed by atoms with Crippen LogP contribution in [-0.2, 0) is 6.54 Å². The number of hydrogen-bond acceptors (Lipinski definition) is 2. The molecular formula is C15H24N2. The molecule has 0 amide bonds. The van der Waals surface area contributed by atoms with Crippen LogP contribution in [0.4, 0.5) is 5.69 Å². The number of hydrogen-bond donors (Lipinski definition) is 1. The Bertz CT molecular complexity index is 373. The molecule has 0 saturated carbocycles. The second-order valence-corrected chi connectivity index (χ2v) is 5.23. The summed E-state index contributed by atoms with van der Waals surface area (Å²) in [5.41, 5.74) is 9.81. The topological polar surface area (TPSA) is 29.3 Å². The molecule has 1 fully saturated rings. The summed E-state index contributed by atoms with van der Waals surface area (Å²) >= 11 is 0. The highest BCUT2D eigenvalue weighted by Gasteiger charge is 2.23. The van der Waals surface area contributed by atoms with Gasteiger partial charge in [0.2, 0.25) is 0 Å². The molecule has 0 spiro atoms. The first-order valence-electron chi connectivity index (χ1n) is 6.79. The minimum Gasteiger partial charge on any atom is -0.371 e. The van der Waals surface area contributed by atoms with Crippen molar-refractivity contribution in [1.29, 1.82) is 0 Å². The second-order valence-electron chi connectivity index (χ2n) is 5.23. The zero-order chi connectivity index (χ0) is 12.3. The Balaban J connectivity index is 2.12. The van der Waals surface area contributed by atoms with E-state index in [0.29, 0.717) is 6.54 Å². The van der Waals surface area contributed by atoms with Gasteiger partial charge in [-0.2, -0.15) is 0 Å². The molecule has 1 atom stereocenters. The van der Waals surface area contributed by atoms with Crippen LogP contribution in [0.15, 0.2) is 18.2 Å². The molecule has 0 bridgehead atoms. The van der Waals surface area contributed by atoms with Gasteiger partial charge in [-0.3, -0.25) is 0 Å². The molecule has 94 valence electrons. The molecule has 0 aliphatic carbocycles. The van der Waals surface area contributed by atoms with Gasteiger partial charge < -0.3 is 10.6 Å². The highest BCUT2D eigenvalue weighted by Crippen LogP contribution is 2.29. The third kappa shape index (κ3) is 2.81. The van der Waals surface area contributed by atoms with Crippen LogP contribution in [0.5, 0.6) is 0 Å². The van der Waals surface area contributed by atoms with Gasteiger partial charge in [0.1, 0.15) is 0 Å². The Morgan fingerprint density at radius 1 is 1.41 bits per heavy atom. The van der Waals surface area contributed by atoms with Gasteiger partial charge in [-0.1, -0.05) is 31.0 Å². The first-order valence-corrected chi connectivity index (χ1v) is 6.79. The molecule has 1 saturated heterocycles. The first-order chi connectivity index (χ1) is 8.24. The van der Waals surface area contributed by atoms with E-state index in [1.165, 1.54) is 49.2 Å². The van der Waals surface area contributed by atoms with Crippen molar-refractivity contribution in [3.8, 4) is 0 Å². The number of anilines is 1. The number of rotatable bonds is 4. The maximum absolute atomic E-state index is 5.85. The lowest BCUT2D eigenvalue weighted by Crippen LogP contribution is -2.21. The van der Waals surface area contributed by atoms with E-state index in [9.17, 15) is 0 Å². The fourth-order valence-corrected chi connectivity index (χ4v) is 2.88. The number of benzene rings is 1. The van der Waals surface area contributed by atoms with Gasteiger partial charge in [0.25, 0.3) is 0 Å². The lowest BCUT2D eigenvalue weighted by Gasteiger charge is -2.22. The molecule has 1 aromatic rings. The minimum absolute atomic E-state index is 0.645. The van der Waals surface area contributed by atoms with E-state index in [1.807, 2.05) is 0 Å². The summed E-state index contributed by atoms with van der Waals surface area (Å²) in [5, 5.41) is 0. The van der Waals surface area contributed by atoms with Gasteiger partial charge >= 0.3 is 0 Å². The van der Waals surface area contributed by atoms with Crippen molar-refractivity contribution < 1.29 is 0 Å². The molecule has 0 radical (unpaired) electrons. The molecule has 2 rings (SSSR count). The Labute approximate surface area is 105 Å². The molecule has 2 nitrogen and oxygen atoms in total. The summed E-state index contributed by atoms with van der Waals surface area (Å²) in [6, 6.07) is 6.66. The number of nitrogens with two attached hydrogens (primary N) is 1. The quantitative estimate of drug-likeness (QED) is 0.864. The Morgan fingerprint density at radius 2 is 2.24 bits per heavy atom. The SMILES string of the molecule is CCCC1CCN(c2ccc(C)cc2CN)C1. The largest absolute Gasteiger partial charge is 0.371 e. The van der Waals surface area contributed by atoms with Crippen molar-refractivity contribution in [3.63, 3.8) is 0 Å².